The molecule has 2 heterocycles. The molecule has 0 fully saturated rings. The molecule has 116 valence electrons. The van der Waals surface area contributed by atoms with Crippen LogP contribution in [0.2, 0.25) is 0 Å². The van der Waals surface area contributed by atoms with Crippen LogP contribution in [-0.4, -0.2) is 31.2 Å². The van der Waals surface area contributed by atoms with Crippen molar-refractivity contribution in [1.29, 1.82) is 0 Å². The van der Waals surface area contributed by atoms with Gasteiger partial charge in [-0.05, 0) is 36.1 Å². The maximum absolute atomic E-state index is 12.3. The number of fused-ring (bicyclic) bond motifs is 1. The molecule has 2 amide bonds. The van der Waals surface area contributed by atoms with Crippen LogP contribution in [0.15, 0.2) is 29.6 Å². The van der Waals surface area contributed by atoms with Crippen molar-refractivity contribution < 1.29 is 14.3 Å². The van der Waals surface area contributed by atoms with Gasteiger partial charge in [0.15, 0.2) is 11.5 Å². The molecule has 6 heteroatoms. The lowest BCUT2D eigenvalue weighted by Gasteiger charge is -2.21. The first kappa shape index (κ1) is 14.7. The lowest BCUT2D eigenvalue weighted by molar-refractivity contribution is 0.171. The third kappa shape index (κ3) is 3.17. The van der Waals surface area contributed by atoms with Crippen LogP contribution in [0.4, 0.5) is 10.5 Å². The highest BCUT2D eigenvalue weighted by Crippen LogP contribution is 2.32. The number of carbonyl (C=O) groups is 1. The van der Waals surface area contributed by atoms with E-state index < -0.39 is 0 Å². The van der Waals surface area contributed by atoms with Crippen molar-refractivity contribution in [3.8, 4) is 11.5 Å². The molecule has 1 aromatic heterocycles. The Morgan fingerprint density at radius 3 is 2.77 bits per heavy atom. The van der Waals surface area contributed by atoms with Gasteiger partial charge in [0, 0.05) is 23.7 Å². The van der Waals surface area contributed by atoms with E-state index in [-0.39, 0.29) is 6.03 Å². The van der Waals surface area contributed by atoms with Crippen LogP contribution in [0, 0.1) is 6.92 Å². The fourth-order valence-electron chi connectivity index (χ4n) is 2.19. The average molecular weight is 318 g/mol. The Balaban J connectivity index is 1.65. The predicted molar refractivity (Wildman–Crippen MR) is 87.0 cm³/mol. The molecule has 1 aliphatic rings. The van der Waals surface area contributed by atoms with E-state index in [0.717, 1.165) is 0 Å². The number of nitrogens with zero attached hydrogens (tertiary/aromatic N) is 1. The SMILES string of the molecule is Cc1ccsc1CN(C)C(=O)Nc1ccc2c(c1)OCCO2. The highest BCUT2D eigenvalue weighted by Gasteiger charge is 2.15. The summed E-state index contributed by atoms with van der Waals surface area (Å²) < 4.78 is 11.0. The van der Waals surface area contributed by atoms with E-state index in [1.165, 1.54) is 10.4 Å². The van der Waals surface area contributed by atoms with Crippen molar-refractivity contribution in [2.45, 2.75) is 13.5 Å². The number of ether oxygens (including phenoxy) is 2. The van der Waals surface area contributed by atoms with E-state index in [9.17, 15) is 4.79 Å². The number of aryl methyl sites for hydroxylation is 1. The van der Waals surface area contributed by atoms with Gasteiger partial charge >= 0.3 is 6.03 Å². The Morgan fingerprint density at radius 2 is 2.05 bits per heavy atom. The summed E-state index contributed by atoms with van der Waals surface area (Å²) in [5.74, 6) is 1.38. The van der Waals surface area contributed by atoms with Crippen molar-refractivity contribution in [2.75, 3.05) is 25.6 Å². The smallest absolute Gasteiger partial charge is 0.321 e. The van der Waals surface area contributed by atoms with Crippen LogP contribution in [0.1, 0.15) is 10.4 Å². The summed E-state index contributed by atoms with van der Waals surface area (Å²) in [5, 5.41) is 4.92. The Bertz CT molecular complexity index is 684. The molecule has 5 nitrogen and oxygen atoms in total. The minimum absolute atomic E-state index is 0.149. The monoisotopic (exact) mass is 318 g/mol. The zero-order valence-corrected chi connectivity index (χ0v) is 13.4. The average Bonchev–Trinajstić information content (AvgIpc) is 2.92. The number of carbonyl (C=O) groups excluding carboxylic acids is 1. The van der Waals surface area contributed by atoms with E-state index in [0.29, 0.717) is 36.9 Å². The summed E-state index contributed by atoms with van der Waals surface area (Å²) in [6.45, 7) is 3.74. The second kappa shape index (κ2) is 6.27. The second-order valence-corrected chi connectivity index (χ2v) is 6.17. The van der Waals surface area contributed by atoms with Gasteiger partial charge < -0.3 is 19.7 Å². The summed E-state index contributed by atoms with van der Waals surface area (Å²) in [7, 11) is 1.78. The molecule has 0 unspecified atom stereocenters. The highest BCUT2D eigenvalue weighted by atomic mass is 32.1. The first-order chi connectivity index (χ1) is 10.6. The molecule has 0 saturated heterocycles. The first-order valence-corrected chi connectivity index (χ1v) is 7.96. The largest absolute Gasteiger partial charge is 0.486 e. The third-order valence-corrected chi connectivity index (χ3v) is 4.50. The summed E-state index contributed by atoms with van der Waals surface area (Å²) in [4.78, 5) is 15.1. The quantitative estimate of drug-likeness (QED) is 0.942. The van der Waals surface area contributed by atoms with E-state index in [4.69, 9.17) is 9.47 Å². The van der Waals surface area contributed by atoms with Crippen LogP contribution in [0.25, 0.3) is 0 Å². The van der Waals surface area contributed by atoms with Gasteiger partial charge in [0.1, 0.15) is 13.2 Å². The normalized spacial score (nSPS) is 12.8. The van der Waals surface area contributed by atoms with Crippen molar-refractivity contribution in [2.24, 2.45) is 0 Å². The maximum atomic E-state index is 12.3. The Kier molecular flexibility index (Phi) is 4.20. The van der Waals surface area contributed by atoms with Gasteiger partial charge in [-0.1, -0.05) is 0 Å². The number of anilines is 1. The molecule has 1 aromatic carbocycles. The minimum Gasteiger partial charge on any atom is -0.486 e. The molecular weight excluding hydrogens is 300 g/mol. The number of rotatable bonds is 3. The zero-order valence-electron chi connectivity index (χ0n) is 12.6. The molecule has 2 aromatic rings. The lowest BCUT2D eigenvalue weighted by Crippen LogP contribution is -2.30. The van der Waals surface area contributed by atoms with E-state index in [1.807, 2.05) is 17.5 Å². The number of nitrogens with one attached hydrogen (secondary N) is 1. The summed E-state index contributed by atoms with van der Waals surface area (Å²) in [5.41, 5.74) is 1.91. The zero-order chi connectivity index (χ0) is 15.5. The van der Waals surface area contributed by atoms with E-state index in [2.05, 4.69) is 18.3 Å². The van der Waals surface area contributed by atoms with E-state index >= 15 is 0 Å². The van der Waals surface area contributed by atoms with Crippen molar-refractivity contribution in [3.63, 3.8) is 0 Å². The molecule has 0 bridgehead atoms. The fourth-order valence-corrected chi connectivity index (χ4v) is 3.15. The van der Waals surface area contributed by atoms with Crippen molar-refractivity contribution >= 4 is 23.1 Å². The van der Waals surface area contributed by atoms with Crippen molar-refractivity contribution in [3.05, 3.63) is 40.1 Å². The van der Waals surface area contributed by atoms with Crippen molar-refractivity contribution in [1.82, 2.24) is 4.90 Å². The fraction of sp³-hybridized carbons (Fsp3) is 0.312. The Hall–Kier alpha value is -2.21. The molecule has 1 aliphatic heterocycles. The van der Waals surface area contributed by atoms with Crippen LogP contribution in [0.3, 0.4) is 0 Å². The van der Waals surface area contributed by atoms with Gasteiger partial charge in [-0.15, -0.1) is 11.3 Å². The molecule has 3 rings (SSSR count). The molecule has 22 heavy (non-hydrogen) atoms. The summed E-state index contributed by atoms with van der Waals surface area (Å²) in [6.07, 6.45) is 0. The topological polar surface area (TPSA) is 50.8 Å². The van der Waals surface area contributed by atoms with Crippen LogP contribution in [-0.2, 0) is 6.54 Å². The molecular formula is C16H18N2O3S. The van der Waals surface area contributed by atoms with Gasteiger partial charge in [-0.3, -0.25) is 0 Å². The van der Waals surface area contributed by atoms with Gasteiger partial charge in [0.2, 0.25) is 0 Å². The number of hydrogen-bond donors (Lipinski definition) is 1. The number of amides is 2. The van der Waals surface area contributed by atoms with Crippen LogP contribution < -0.4 is 14.8 Å². The number of hydrogen-bond acceptors (Lipinski definition) is 4. The van der Waals surface area contributed by atoms with Crippen LogP contribution in [0.5, 0.6) is 11.5 Å². The molecule has 0 radical (unpaired) electrons. The minimum atomic E-state index is -0.149. The summed E-state index contributed by atoms with van der Waals surface area (Å²) in [6, 6.07) is 7.33. The maximum Gasteiger partial charge on any atom is 0.321 e. The first-order valence-electron chi connectivity index (χ1n) is 7.08. The third-order valence-electron chi connectivity index (χ3n) is 3.49. The molecule has 0 aliphatic carbocycles. The highest BCUT2D eigenvalue weighted by molar-refractivity contribution is 7.10. The van der Waals surface area contributed by atoms with Gasteiger partial charge in [0.25, 0.3) is 0 Å². The van der Waals surface area contributed by atoms with Gasteiger partial charge in [-0.2, -0.15) is 0 Å². The Labute approximate surface area is 133 Å². The van der Waals surface area contributed by atoms with Gasteiger partial charge in [0.05, 0.1) is 6.54 Å². The second-order valence-electron chi connectivity index (χ2n) is 5.17. The van der Waals surface area contributed by atoms with E-state index in [1.54, 1.807) is 29.4 Å². The predicted octanol–water partition coefficient (Wildman–Crippen LogP) is 3.49. The number of urea groups is 1. The molecule has 0 atom stereocenters. The molecule has 1 N–H and O–H groups in total. The number of benzene rings is 1. The number of thiophene rings is 1. The Morgan fingerprint density at radius 1 is 1.27 bits per heavy atom. The lowest BCUT2D eigenvalue weighted by atomic mass is 10.2. The molecule has 0 saturated carbocycles. The van der Waals surface area contributed by atoms with Gasteiger partial charge in [-0.25, -0.2) is 4.79 Å². The summed E-state index contributed by atoms with van der Waals surface area (Å²) >= 11 is 1.66. The van der Waals surface area contributed by atoms with Crippen LogP contribution >= 0.6 is 11.3 Å². The standard InChI is InChI=1S/C16H18N2O3S/c1-11-5-8-22-15(11)10-18(2)16(19)17-12-3-4-13-14(9-12)21-7-6-20-13/h3-5,8-9H,6-7,10H2,1-2H3,(H,17,19). The molecule has 0 spiro atoms.